The number of ether oxygens (including phenoxy) is 2. The monoisotopic (exact) mass is 683 g/mol. The topological polar surface area (TPSA) is 130 Å². The molecule has 2 aromatic carbocycles. The first-order chi connectivity index (χ1) is 23.0. The van der Waals surface area contributed by atoms with Crippen molar-refractivity contribution in [2.45, 2.75) is 72.1 Å². The number of phenols is 1. The molecule has 262 valence electrons. The molecule has 14 heteroatoms. The van der Waals surface area contributed by atoms with E-state index in [-0.39, 0.29) is 60.4 Å². The average molecular weight is 684 g/mol. The Bertz CT molecular complexity index is 1960. The van der Waals surface area contributed by atoms with Gasteiger partial charge in [0, 0.05) is 48.4 Å². The maximum Gasteiger partial charge on any atom is 0.410 e. The molecule has 1 fully saturated rings. The highest BCUT2D eigenvalue weighted by atomic mass is 19.1. The summed E-state index contributed by atoms with van der Waals surface area (Å²) >= 11 is 0. The Morgan fingerprint density at radius 3 is 2.39 bits per heavy atom. The van der Waals surface area contributed by atoms with Crippen molar-refractivity contribution in [1.82, 2.24) is 19.4 Å². The van der Waals surface area contributed by atoms with Gasteiger partial charge in [-0.15, -0.1) is 0 Å². The number of aromatic hydroxyl groups is 1. The van der Waals surface area contributed by atoms with Gasteiger partial charge in [0.25, 0.3) is 0 Å². The fourth-order valence-electron chi connectivity index (χ4n) is 6.02. The number of carbonyl (C=O) groups excluding carboxylic acids is 1. The van der Waals surface area contributed by atoms with E-state index in [1.165, 1.54) is 12.3 Å². The number of pyridine rings is 1. The minimum absolute atomic E-state index is 0.0348. The zero-order valence-corrected chi connectivity index (χ0v) is 28.4. The van der Waals surface area contributed by atoms with Gasteiger partial charge in [0.05, 0.1) is 23.4 Å². The first-order valence-electron chi connectivity index (χ1n) is 16.0. The van der Waals surface area contributed by atoms with Gasteiger partial charge in [0.2, 0.25) is 0 Å². The summed E-state index contributed by atoms with van der Waals surface area (Å²) in [7, 11) is 0. The lowest BCUT2D eigenvalue weighted by Gasteiger charge is -2.45. The van der Waals surface area contributed by atoms with Gasteiger partial charge in [0.15, 0.2) is 11.6 Å². The summed E-state index contributed by atoms with van der Waals surface area (Å²) in [6, 6.07) is 4.39. The Kier molecular flexibility index (Phi) is 9.82. The van der Waals surface area contributed by atoms with Crippen molar-refractivity contribution in [3.05, 3.63) is 70.2 Å². The third-order valence-electron chi connectivity index (χ3n) is 8.23. The predicted molar refractivity (Wildman–Crippen MR) is 178 cm³/mol. The van der Waals surface area contributed by atoms with Crippen LogP contribution in [0.3, 0.4) is 0 Å². The Hall–Kier alpha value is -4.85. The molecule has 2 N–H and O–H groups in total. The number of aromatic nitrogens is 3. The van der Waals surface area contributed by atoms with E-state index in [0.29, 0.717) is 5.69 Å². The van der Waals surface area contributed by atoms with E-state index in [0.717, 1.165) is 28.8 Å². The SMILES string of the molecule is CC(C)c1nccc(OCCO)c1-n1c(=O)nc(N2C[C@H](C)N(C(=O)OC(C)(C)C)CC2C)c2cc(F)c(-c3c(F)ccc(F)c3O)cc21. The molecular formula is C35H40F3N5O6. The normalized spacial score (nSPS) is 16.8. The number of rotatable bonds is 7. The summed E-state index contributed by atoms with van der Waals surface area (Å²) < 4.78 is 58.4. The number of nitrogens with zero attached hydrogens (tertiary/aromatic N) is 5. The molecule has 49 heavy (non-hydrogen) atoms. The molecule has 0 spiro atoms. The zero-order chi connectivity index (χ0) is 35.9. The number of carbonyl (C=O) groups is 1. The number of piperazine rings is 1. The minimum atomic E-state index is -1.16. The van der Waals surface area contributed by atoms with E-state index in [2.05, 4.69) is 9.97 Å². The molecule has 1 aliphatic heterocycles. The molecule has 0 aliphatic carbocycles. The Morgan fingerprint density at radius 2 is 1.73 bits per heavy atom. The molecule has 5 rings (SSSR count). The summed E-state index contributed by atoms with van der Waals surface area (Å²) in [5, 5.41) is 20.2. The summed E-state index contributed by atoms with van der Waals surface area (Å²) in [6.07, 6.45) is 0.986. The maximum absolute atomic E-state index is 16.2. The lowest BCUT2D eigenvalue weighted by Crippen LogP contribution is -2.59. The molecule has 1 aliphatic rings. The van der Waals surface area contributed by atoms with E-state index in [1.807, 2.05) is 27.7 Å². The first-order valence-corrected chi connectivity index (χ1v) is 16.0. The van der Waals surface area contributed by atoms with Crippen LogP contribution in [0, 0.1) is 17.5 Å². The van der Waals surface area contributed by atoms with Crippen LogP contribution in [0.25, 0.3) is 27.7 Å². The van der Waals surface area contributed by atoms with Gasteiger partial charge in [-0.2, -0.15) is 4.98 Å². The molecule has 2 atom stereocenters. The van der Waals surface area contributed by atoms with Crippen molar-refractivity contribution in [1.29, 1.82) is 0 Å². The van der Waals surface area contributed by atoms with E-state index >= 15 is 8.78 Å². The van der Waals surface area contributed by atoms with E-state index in [4.69, 9.17) is 9.47 Å². The number of aliphatic hydroxyl groups is 1. The van der Waals surface area contributed by atoms with Crippen molar-refractivity contribution in [3.63, 3.8) is 0 Å². The van der Waals surface area contributed by atoms with Crippen LogP contribution in [0.15, 0.2) is 41.3 Å². The molecule has 11 nitrogen and oxygen atoms in total. The van der Waals surface area contributed by atoms with Crippen LogP contribution < -0.4 is 15.3 Å². The van der Waals surface area contributed by atoms with Crippen LogP contribution in [0.2, 0.25) is 0 Å². The highest BCUT2D eigenvalue weighted by Crippen LogP contribution is 2.40. The van der Waals surface area contributed by atoms with E-state index in [9.17, 15) is 24.2 Å². The number of fused-ring (bicyclic) bond motifs is 1. The quantitative estimate of drug-likeness (QED) is 0.245. The number of aliphatic hydroxyl groups excluding tert-OH is 1. The van der Waals surface area contributed by atoms with Crippen LogP contribution in [0.4, 0.5) is 23.8 Å². The number of hydrogen-bond donors (Lipinski definition) is 2. The van der Waals surface area contributed by atoms with Crippen LogP contribution in [0.1, 0.15) is 60.1 Å². The van der Waals surface area contributed by atoms with Gasteiger partial charge in [-0.3, -0.25) is 9.55 Å². The number of anilines is 1. The third kappa shape index (κ3) is 6.87. The van der Waals surface area contributed by atoms with Crippen molar-refractivity contribution in [2.75, 3.05) is 31.2 Å². The van der Waals surface area contributed by atoms with Gasteiger partial charge in [-0.25, -0.2) is 22.8 Å². The summed E-state index contributed by atoms with van der Waals surface area (Å²) in [6.45, 7) is 12.6. The second-order valence-electron chi connectivity index (χ2n) is 13.4. The molecule has 2 aromatic heterocycles. The molecule has 4 aromatic rings. The van der Waals surface area contributed by atoms with Crippen molar-refractivity contribution in [2.24, 2.45) is 0 Å². The zero-order valence-electron chi connectivity index (χ0n) is 28.4. The Morgan fingerprint density at radius 1 is 1.04 bits per heavy atom. The van der Waals surface area contributed by atoms with Gasteiger partial charge in [-0.05, 0) is 64.8 Å². The summed E-state index contributed by atoms with van der Waals surface area (Å²) in [5.74, 6) is -4.36. The van der Waals surface area contributed by atoms with E-state index < -0.39 is 63.8 Å². The first kappa shape index (κ1) is 35.5. The number of phenolic OH excluding ortho intramolecular Hbond substituents is 1. The third-order valence-corrected chi connectivity index (χ3v) is 8.23. The molecule has 1 saturated heterocycles. The molecule has 3 heterocycles. The highest BCUT2D eigenvalue weighted by Gasteiger charge is 2.37. The fourth-order valence-corrected chi connectivity index (χ4v) is 6.02. The smallest absolute Gasteiger partial charge is 0.410 e. The highest BCUT2D eigenvalue weighted by molar-refractivity contribution is 5.95. The van der Waals surface area contributed by atoms with Gasteiger partial charge >= 0.3 is 11.8 Å². The number of amides is 1. The van der Waals surface area contributed by atoms with Gasteiger partial charge < -0.3 is 29.5 Å². The number of hydrogen-bond acceptors (Lipinski definition) is 9. The molecular weight excluding hydrogens is 643 g/mol. The largest absolute Gasteiger partial charge is 0.504 e. The maximum atomic E-state index is 16.2. The predicted octanol–water partition coefficient (Wildman–Crippen LogP) is 5.90. The second kappa shape index (κ2) is 13.6. The standard InChI is InChI=1S/C35H40F3N5O6/c1-18(2)29-30(27(10-11-39-29)48-13-12-44)43-26-15-21(28-23(36)8-9-24(37)31(28)45)25(38)14-22(26)32(40-33(43)46)41-16-20(4)42(17-19(41)3)34(47)49-35(5,6)7/h8-11,14-15,18-20,44-45H,12-13,16-17H2,1-7H3/t19?,20-/m0/s1. The number of halogens is 3. The van der Waals surface area contributed by atoms with Gasteiger partial charge in [0.1, 0.15) is 41.1 Å². The molecule has 0 radical (unpaired) electrons. The average Bonchev–Trinajstić information content (AvgIpc) is 3.02. The van der Waals surface area contributed by atoms with Crippen LogP contribution in [-0.2, 0) is 4.74 Å². The summed E-state index contributed by atoms with van der Waals surface area (Å²) in [4.78, 5) is 39.6. The van der Waals surface area contributed by atoms with Crippen LogP contribution in [-0.4, -0.2) is 79.7 Å². The lowest BCUT2D eigenvalue weighted by molar-refractivity contribution is 0.0130. The molecule has 0 saturated carbocycles. The van der Waals surface area contributed by atoms with Gasteiger partial charge in [-0.1, -0.05) is 13.8 Å². The van der Waals surface area contributed by atoms with E-state index in [1.54, 1.807) is 30.6 Å². The van der Waals surface area contributed by atoms with Crippen LogP contribution in [0.5, 0.6) is 11.5 Å². The van der Waals surface area contributed by atoms with Crippen molar-refractivity contribution < 1.29 is 37.7 Å². The molecule has 0 bridgehead atoms. The minimum Gasteiger partial charge on any atom is -0.504 e. The Labute approximate surface area is 281 Å². The van der Waals surface area contributed by atoms with Crippen LogP contribution >= 0.6 is 0 Å². The lowest BCUT2D eigenvalue weighted by atomic mass is 9.99. The second-order valence-corrected chi connectivity index (χ2v) is 13.4. The molecule has 1 amide bonds. The number of benzene rings is 2. The molecule has 1 unspecified atom stereocenters. The summed E-state index contributed by atoms with van der Waals surface area (Å²) in [5.41, 5.74) is -2.15. The van der Waals surface area contributed by atoms with Crippen molar-refractivity contribution >= 4 is 22.8 Å². The fraction of sp³-hybridized carbons (Fsp3) is 0.429. The van der Waals surface area contributed by atoms with Crippen molar-refractivity contribution in [3.8, 4) is 28.3 Å². The Balaban J connectivity index is 1.80.